The van der Waals surface area contributed by atoms with Crippen molar-refractivity contribution in [1.29, 1.82) is 0 Å². The van der Waals surface area contributed by atoms with Crippen molar-refractivity contribution in [3.05, 3.63) is 72.1 Å². The standard InChI is InChI=1S/C19H20N4O2/c24-16-8-9-22-17(12-16)19-21(18(20-22)15-6-7-15)10-11-23(19)25-13-14-4-2-1-3-5-14/h1-5,8-11,15,18,20H,6-7,12-13H2. The highest BCUT2D eigenvalue weighted by molar-refractivity contribution is 5.92. The van der Waals surface area contributed by atoms with Crippen LogP contribution in [0.3, 0.4) is 0 Å². The van der Waals surface area contributed by atoms with E-state index in [1.54, 1.807) is 11.1 Å². The van der Waals surface area contributed by atoms with Crippen LogP contribution in [0.1, 0.15) is 24.8 Å². The maximum absolute atomic E-state index is 11.9. The quantitative estimate of drug-likeness (QED) is 0.911. The first kappa shape index (κ1) is 14.7. The molecule has 1 unspecified atom stereocenters. The van der Waals surface area contributed by atoms with Gasteiger partial charge in [0.1, 0.15) is 12.8 Å². The van der Waals surface area contributed by atoms with Gasteiger partial charge in [-0.25, -0.2) is 10.5 Å². The minimum absolute atomic E-state index is 0.111. The summed E-state index contributed by atoms with van der Waals surface area (Å²) >= 11 is 0. The van der Waals surface area contributed by atoms with Gasteiger partial charge < -0.3 is 4.90 Å². The number of ketones is 1. The summed E-state index contributed by atoms with van der Waals surface area (Å²) in [5, 5.41) is 3.79. The number of nitrogens with zero attached hydrogens (tertiary/aromatic N) is 3. The van der Waals surface area contributed by atoms with Crippen molar-refractivity contribution in [2.45, 2.75) is 32.0 Å². The van der Waals surface area contributed by atoms with Crippen LogP contribution in [0.15, 0.2) is 66.5 Å². The molecule has 1 aromatic rings. The molecule has 0 bridgehead atoms. The second kappa shape index (κ2) is 5.75. The number of carbonyl (C=O) groups is 1. The molecule has 4 aliphatic rings. The Morgan fingerprint density at radius 3 is 2.76 bits per heavy atom. The van der Waals surface area contributed by atoms with Crippen LogP contribution in [0.4, 0.5) is 0 Å². The van der Waals surface area contributed by atoms with Crippen LogP contribution in [0.25, 0.3) is 0 Å². The molecule has 1 fully saturated rings. The third-order valence-corrected chi connectivity index (χ3v) is 4.97. The lowest BCUT2D eigenvalue weighted by molar-refractivity contribution is -0.124. The summed E-state index contributed by atoms with van der Waals surface area (Å²) in [4.78, 5) is 20.2. The van der Waals surface area contributed by atoms with Crippen LogP contribution in [0, 0.1) is 5.92 Å². The fraction of sp³-hybridized carbons (Fsp3) is 0.316. The zero-order valence-corrected chi connectivity index (χ0v) is 13.8. The number of fused-ring (bicyclic) bond motifs is 2. The first-order chi connectivity index (χ1) is 12.3. The molecular weight excluding hydrogens is 316 g/mol. The van der Waals surface area contributed by atoms with E-state index in [0.717, 1.165) is 17.1 Å². The predicted molar refractivity (Wildman–Crippen MR) is 91.3 cm³/mol. The van der Waals surface area contributed by atoms with E-state index < -0.39 is 0 Å². The summed E-state index contributed by atoms with van der Waals surface area (Å²) < 4.78 is 0. The Bertz CT molecular complexity index is 782. The van der Waals surface area contributed by atoms with Crippen molar-refractivity contribution in [3.8, 4) is 0 Å². The van der Waals surface area contributed by atoms with Gasteiger partial charge in [-0.05, 0) is 30.4 Å². The van der Waals surface area contributed by atoms with Gasteiger partial charge in [-0.2, -0.15) is 0 Å². The number of benzene rings is 1. The normalized spacial score (nSPS) is 24.9. The van der Waals surface area contributed by atoms with Crippen molar-refractivity contribution < 1.29 is 9.63 Å². The fourth-order valence-corrected chi connectivity index (χ4v) is 3.52. The Morgan fingerprint density at radius 2 is 1.96 bits per heavy atom. The van der Waals surface area contributed by atoms with Crippen LogP contribution in [-0.4, -0.2) is 26.9 Å². The Labute approximate surface area is 146 Å². The maximum atomic E-state index is 11.9. The molecule has 1 saturated carbocycles. The molecule has 0 amide bonds. The van der Waals surface area contributed by atoms with Gasteiger partial charge in [0.05, 0.1) is 18.3 Å². The molecule has 5 rings (SSSR count). The van der Waals surface area contributed by atoms with Crippen molar-refractivity contribution in [1.82, 2.24) is 20.4 Å². The van der Waals surface area contributed by atoms with E-state index in [1.807, 2.05) is 53.9 Å². The smallest absolute Gasteiger partial charge is 0.163 e. The molecular formula is C19H20N4O2. The molecule has 1 aromatic carbocycles. The second-order valence-corrected chi connectivity index (χ2v) is 6.80. The van der Waals surface area contributed by atoms with Gasteiger partial charge in [0.15, 0.2) is 11.6 Å². The molecule has 1 aliphatic carbocycles. The molecule has 25 heavy (non-hydrogen) atoms. The molecule has 0 spiro atoms. The number of hydrazine groups is 1. The van der Waals surface area contributed by atoms with Gasteiger partial charge in [0.2, 0.25) is 0 Å². The highest BCUT2D eigenvalue weighted by Gasteiger charge is 2.44. The molecule has 0 saturated heterocycles. The zero-order valence-electron chi connectivity index (χ0n) is 13.8. The van der Waals surface area contributed by atoms with Crippen LogP contribution < -0.4 is 5.43 Å². The molecule has 3 heterocycles. The molecule has 6 nitrogen and oxygen atoms in total. The number of allylic oxidation sites excluding steroid dienone is 2. The minimum Gasteiger partial charge on any atom is -0.312 e. The Morgan fingerprint density at radius 1 is 1.12 bits per heavy atom. The van der Waals surface area contributed by atoms with Gasteiger partial charge in [-0.15, -0.1) is 0 Å². The van der Waals surface area contributed by atoms with E-state index >= 15 is 0 Å². The molecule has 128 valence electrons. The van der Waals surface area contributed by atoms with E-state index in [-0.39, 0.29) is 11.9 Å². The zero-order chi connectivity index (χ0) is 16.8. The SMILES string of the molecule is O=C1C=CN2NC(C3CC3)N3C=CN(OCc4ccccc4)C3=C2C1. The Kier molecular flexibility index (Phi) is 3.39. The van der Waals surface area contributed by atoms with Crippen molar-refractivity contribution in [3.63, 3.8) is 0 Å². The lowest BCUT2D eigenvalue weighted by Crippen LogP contribution is -2.56. The number of carbonyl (C=O) groups excluding carboxylic acids is 1. The minimum atomic E-state index is 0.111. The lowest BCUT2D eigenvalue weighted by Gasteiger charge is -2.44. The van der Waals surface area contributed by atoms with E-state index in [9.17, 15) is 4.79 Å². The summed E-state index contributed by atoms with van der Waals surface area (Å²) in [5.74, 6) is 1.69. The average Bonchev–Trinajstić information content (AvgIpc) is 3.39. The molecule has 0 radical (unpaired) electrons. The first-order valence-corrected chi connectivity index (χ1v) is 8.72. The number of nitrogens with one attached hydrogen (secondary N) is 1. The number of hydroxylamine groups is 2. The highest BCUT2D eigenvalue weighted by Crippen LogP contribution is 2.42. The summed E-state index contributed by atoms with van der Waals surface area (Å²) in [7, 11) is 0. The molecule has 6 heteroatoms. The van der Waals surface area contributed by atoms with Crippen LogP contribution in [-0.2, 0) is 16.2 Å². The molecule has 1 atom stereocenters. The van der Waals surface area contributed by atoms with Gasteiger partial charge in [-0.1, -0.05) is 30.3 Å². The highest BCUT2D eigenvalue weighted by atomic mass is 16.7. The van der Waals surface area contributed by atoms with Crippen LogP contribution >= 0.6 is 0 Å². The van der Waals surface area contributed by atoms with Crippen molar-refractivity contribution in [2.24, 2.45) is 5.92 Å². The first-order valence-electron chi connectivity index (χ1n) is 8.72. The van der Waals surface area contributed by atoms with Crippen LogP contribution in [0.5, 0.6) is 0 Å². The lowest BCUT2D eigenvalue weighted by atomic mass is 10.1. The fourth-order valence-electron chi connectivity index (χ4n) is 3.52. The second-order valence-electron chi connectivity index (χ2n) is 6.80. The largest absolute Gasteiger partial charge is 0.312 e. The molecule has 1 N–H and O–H groups in total. The Hall–Kier alpha value is -2.57. The van der Waals surface area contributed by atoms with Crippen molar-refractivity contribution >= 4 is 5.78 Å². The van der Waals surface area contributed by atoms with Crippen LogP contribution in [0.2, 0.25) is 0 Å². The van der Waals surface area contributed by atoms with Crippen molar-refractivity contribution in [2.75, 3.05) is 0 Å². The van der Waals surface area contributed by atoms with Gasteiger partial charge in [0, 0.05) is 12.4 Å². The predicted octanol–water partition coefficient (Wildman–Crippen LogP) is 2.42. The van der Waals surface area contributed by atoms with E-state index in [0.29, 0.717) is 18.9 Å². The molecule has 3 aliphatic heterocycles. The summed E-state index contributed by atoms with van der Waals surface area (Å²) in [6, 6.07) is 10.1. The average molecular weight is 336 g/mol. The topological polar surface area (TPSA) is 48.1 Å². The summed E-state index contributed by atoms with van der Waals surface area (Å²) in [5.41, 5.74) is 5.58. The van der Waals surface area contributed by atoms with E-state index in [4.69, 9.17) is 4.84 Å². The van der Waals surface area contributed by atoms with Gasteiger partial charge in [0.25, 0.3) is 0 Å². The number of rotatable bonds is 4. The molecule has 0 aromatic heterocycles. The third kappa shape index (κ3) is 2.63. The third-order valence-electron chi connectivity index (χ3n) is 4.97. The summed E-state index contributed by atoms with van der Waals surface area (Å²) in [6.07, 6.45) is 10.5. The number of hydrogen-bond donors (Lipinski definition) is 1. The monoisotopic (exact) mass is 336 g/mol. The van der Waals surface area contributed by atoms with Gasteiger partial charge >= 0.3 is 0 Å². The van der Waals surface area contributed by atoms with E-state index in [1.165, 1.54) is 12.8 Å². The number of hydrogen-bond acceptors (Lipinski definition) is 6. The summed E-state index contributed by atoms with van der Waals surface area (Å²) in [6.45, 7) is 0.487. The van der Waals surface area contributed by atoms with Gasteiger partial charge in [-0.3, -0.25) is 14.6 Å². The van der Waals surface area contributed by atoms with E-state index in [2.05, 4.69) is 10.3 Å². The maximum Gasteiger partial charge on any atom is 0.163 e. The Balaban J connectivity index is 1.44.